The Hall–Kier alpha value is 0.260. The molecule has 0 radical (unpaired) electrons. The van der Waals surface area contributed by atoms with E-state index in [9.17, 15) is 9.35 Å². The van der Waals surface area contributed by atoms with Crippen molar-refractivity contribution in [3.8, 4) is 0 Å². The molecule has 0 heterocycles. The van der Waals surface area contributed by atoms with Gasteiger partial charge in [-0.2, -0.15) is 0 Å². The van der Waals surface area contributed by atoms with Crippen molar-refractivity contribution in [1.29, 1.82) is 0 Å². The third-order valence-corrected chi connectivity index (χ3v) is 1.40. The minimum atomic E-state index is -1.05. The van der Waals surface area contributed by atoms with Gasteiger partial charge in [-0.25, -0.2) is 0 Å². The van der Waals surface area contributed by atoms with Crippen LogP contribution >= 0.6 is 15.9 Å². The summed E-state index contributed by atoms with van der Waals surface area (Å²) in [5, 5.41) is 0.157. The number of alkyl halides is 1. The van der Waals surface area contributed by atoms with Crippen LogP contribution in [0.4, 0.5) is 0 Å². The second kappa shape index (κ2) is 5.08. The van der Waals surface area contributed by atoms with Crippen LogP contribution in [0.1, 0.15) is 0 Å². The maximum atomic E-state index is 10.3. The Kier molecular flexibility index (Phi) is 5.22. The first-order valence-electron chi connectivity index (χ1n) is 2.18. The van der Waals surface area contributed by atoms with E-state index in [-0.39, 0.29) is 17.2 Å². The number of carbonyl (C=O) groups excluding carboxylic acids is 1. The highest BCUT2D eigenvalue weighted by atomic mass is 79.9. The fourth-order valence-corrected chi connectivity index (χ4v) is 0.647. The number of ether oxygens (including phenoxy) is 1. The summed E-state index contributed by atoms with van der Waals surface area (Å²) in [5.41, 5.74) is 0. The van der Waals surface area contributed by atoms with Gasteiger partial charge < -0.3 is 9.29 Å². The first-order chi connectivity index (χ1) is 4.16. The predicted octanol–water partition coefficient (Wildman–Crippen LogP) is 0.261. The summed E-state index contributed by atoms with van der Waals surface area (Å²) in [5.74, 6) is -0.394. The second-order valence-corrected chi connectivity index (χ2v) is 3.28. The van der Waals surface area contributed by atoms with Gasteiger partial charge in [0, 0.05) is 0 Å². The van der Waals surface area contributed by atoms with E-state index >= 15 is 0 Å². The lowest BCUT2D eigenvalue weighted by atomic mass is 10.8. The Bertz CT molecular complexity index is 95.8. The van der Waals surface area contributed by atoms with Gasteiger partial charge in [0.05, 0.1) is 6.26 Å². The van der Waals surface area contributed by atoms with Gasteiger partial charge in [-0.15, -0.1) is 0 Å². The molecule has 3 nitrogen and oxygen atoms in total. The summed E-state index contributed by atoms with van der Waals surface area (Å²) in [4.78, 5) is 10.3. The third-order valence-electron chi connectivity index (χ3n) is 0.495. The molecule has 0 bridgehead atoms. The van der Waals surface area contributed by atoms with E-state index in [0.29, 0.717) is 0 Å². The van der Waals surface area contributed by atoms with Gasteiger partial charge in [-0.1, -0.05) is 15.9 Å². The average Bonchev–Trinajstić information content (AvgIpc) is 1.83. The molecule has 0 aromatic rings. The quantitative estimate of drug-likeness (QED) is 0.385. The lowest BCUT2D eigenvalue weighted by Gasteiger charge is -2.03. The predicted molar refractivity (Wildman–Crippen MR) is 38.8 cm³/mol. The van der Waals surface area contributed by atoms with E-state index in [0.717, 1.165) is 0 Å². The van der Waals surface area contributed by atoms with Gasteiger partial charge in [-0.3, -0.25) is 4.79 Å². The fraction of sp³-hybridized carbons (Fsp3) is 0.750. The van der Waals surface area contributed by atoms with Crippen molar-refractivity contribution in [3.63, 3.8) is 0 Å². The highest BCUT2D eigenvalue weighted by Crippen LogP contribution is 1.89. The molecule has 5 heteroatoms. The van der Waals surface area contributed by atoms with Crippen LogP contribution in [-0.4, -0.2) is 28.0 Å². The maximum Gasteiger partial charge on any atom is 0.320 e. The summed E-state index contributed by atoms with van der Waals surface area (Å²) < 4.78 is 14.7. The zero-order valence-corrected chi connectivity index (χ0v) is 7.33. The molecule has 0 fully saturated rings. The lowest BCUT2D eigenvalue weighted by Crippen LogP contribution is -2.13. The van der Waals surface area contributed by atoms with E-state index < -0.39 is 11.2 Å². The Morgan fingerprint density at radius 2 is 2.44 bits per heavy atom. The molecule has 0 aromatic carbocycles. The summed E-state index contributed by atoms with van der Waals surface area (Å²) in [6, 6.07) is 0. The molecule has 0 aliphatic carbocycles. The number of carbonyl (C=O) groups is 1. The van der Waals surface area contributed by atoms with Crippen LogP contribution in [0.5, 0.6) is 0 Å². The zero-order valence-electron chi connectivity index (χ0n) is 4.93. The molecule has 0 aliphatic rings. The van der Waals surface area contributed by atoms with Crippen LogP contribution in [0.3, 0.4) is 0 Å². The molecule has 1 unspecified atom stereocenters. The van der Waals surface area contributed by atoms with Gasteiger partial charge in [-0.05, 0) is 11.2 Å². The molecule has 0 spiro atoms. The van der Waals surface area contributed by atoms with Crippen LogP contribution in [0.2, 0.25) is 0 Å². The Labute approximate surface area is 65.1 Å². The second-order valence-electron chi connectivity index (χ2n) is 1.34. The van der Waals surface area contributed by atoms with Crippen LogP contribution in [-0.2, 0) is 20.7 Å². The van der Waals surface area contributed by atoms with Crippen molar-refractivity contribution >= 4 is 33.1 Å². The molecule has 0 aromatic heterocycles. The van der Waals surface area contributed by atoms with Crippen molar-refractivity contribution < 1.29 is 14.1 Å². The number of rotatable bonds is 3. The summed E-state index contributed by atoms with van der Waals surface area (Å²) in [6.45, 7) is 0. The monoisotopic (exact) mass is 214 g/mol. The standard InChI is InChI=1S/C4H7BrO3S/c1-9(7)3-8-4(6)2-5/h2-3H2,1H3. The zero-order chi connectivity index (χ0) is 7.28. The molecule has 0 aliphatic heterocycles. The Morgan fingerprint density at radius 3 is 2.78 bits per heavy atom. The number of halogens is 1. The van der Waals surface area contributed by atoms with Crippen LogP contribution in [0.15, 0.2) is 0 Å². The SMILES string of the molecule is C[S+]([O-])COC(=O)CBr. The molecule has 0 N–H and O–H groups in total. The van der Waals surface area contributed by atoms with E-state index in [1.807, 2.05) is 0 Å². The summed E-state index contributed by atoms with van der Waals surface area (Å²) in [6.07, 6.45) is 1.47. The smallest absolute Gasteiger partial charge is 0.320 e. The largest absolute Gasteiger partial charge is 0.614 e. The normalized spacial score (nSPS) is 12.8. The van der Waals surface area contributed by atoms with Crippen molar-refractivity contribution in [2.24, 2.45) is 0 Å². The highest BCUT2D eigenvalue weighted by Gasteiger charge is 2.02. The van der Waals surface area contributed by atoms with Gasteiger partial charge >= 0.3 is 5.97 Å². The van der Waals surface area contributed by atoms with Crippen molar-refractivity contribution in [1.82, 2.24) is 0 Å². The summed E-state index contributed by atoms with van der Waals surface area (Å²) >= 11 is 1.84. The number of esters is 1. The van der Waals surface area contributed by atoms with Crippen molar-refractivity contribution in [3.05, 3.63) is 0 Å². The molecule has 0 saturated carbocycles. The third kappa shape index (κ3) is 6.14. The van der Waals surface area contributed by atoms with Gasteiger partial charge in [0.25, 0.3) is 0 Å². The Balaban J connectivity index is 3.17. The lowest BCUT2D eigenvalue weighted by molar-refractivity contribution is -0.138. The Morgan fingerprint density at radius 1 is 1.89 bits per heavy atom. The maximum absolute atomic E-state index is 10.3. The number of hydrogen-bond acceptors (Lipinski definition) is 3. The minimum absolute atomic E-state index is 0.00949. The number of hydrogen-bond donors (Lipinski definition) is 0. The van der Waals surface area contributed by atoms with E-state index in [1.165, 1.54) is 6.26 Å². The molecule has 0 rings (SSSR count). The van der Waals surface area contributed by atoms with Crippen molar-refractivity contribution in [2.45, 2.75) is 0 Å². The first kappa shape index (κ1) is 9.26. The fourth-order valence-electron chi connectivity index (χ4n) is 0.187. The topological polar surface area (TPSA) is 49.4 Å². The first-order valence-corrected chi connectivity index (χ1v) is 5.03. The molecule has 1 atom stereocenters. The van der Waals surface area contributed by atoms with E-state index in [1.54, 1.807) is 0 Å². The summed E-state index contributed by atoms with van der Waals surface area (Å²) in [7, 11) is 0. The van der Waals surface area contributed by atoms with Crippen molar-refractivity contribution in [2.75, 3.05) is 17.5 Å². The minimum Gasteiger partial charge on any atom is -0.614 e. The van der Waals surface area contributed by atoms with Crippen LogP contribution < -0.4 is 0 Å². The average molecular weight is 215 g/mol. The van der Waals surface area contributed by atoms with E-state index in [4.69, 9.17) is 0 Å². The van der Waals surface area contributed by atoms with Gasteiger partial charge in [0.2, 0.25) is 5.94 Å². The van der Waals surface area contributed by atoms with Crippen LogP contribution in [0.25, 0.3) is 0 Å². The highest BCUT2D eigenvalue weighted by molar-refractivity contribution is 9.09. The van der Waals surface area contributed by atoms with Crippen LogP contribution in [0, 0.1) is 0 Å². The molecular formula is C4H7BrO3S. The van der Waals surface area contributed by atoms with Gasteiger partial charge in [0.1, 0.15) is 5.33 Å². The van der Waals surface area contributed by atoms with E-state index in [2.05, 4.69) is 20.7 Å². The molecule has 54 valence electrons. The molecule has 0 saturated heterocycles. The molecule has 0 amide bonds. The molecule has 9 heavy (non-hydrogen) atoms. The van der Waals surface area contributed by atoms with Gasteiger partial charge in [0.15, 0.2) is 0 Å². The molecular weight excluding hydrogens is 208 g/mol.